The van der Waals surface area contributed by atoms with Gasteiger partial charge in [-0.1, -0.05) is 20.3 Å². The van der Waals surface area contributed by atoms with Gasteiger partial charge in [0, 0.05) is 20.8 Å². The van der Waals surface area contributed by atoms with E-state index in [0.717, 1.165) is 13.0 Å². The molecule has 1 aromatic heterocycles. The minimum absolute atomic E-state index is 0.649. The Labute approximate surface area is 99.0 Å². The molecular formula is C11H18BrNS. The predicted octanol–water partition coefficient (Wildman–Crippen LogP) is 3.83. The van der Waals surface area contributed by atoms with Crippen LogP contribution in [-0.4, -0.2) is 12.6 Å². The van der Waals surface area contributed by atoms with Gasteiger partial charge < -0.3 is 5.32 Å². The van der Waals surface area contributed by atoms with E-state index in [1.165, 1.54) is 22.2 Å². The molecule has 0 aliphatic rings. The lowest BCUT2D eigenvalue weighted by molar-refractivity contribution is 0.488. The van der Waals surface area contributed by atoms with Crippen LogP contribution < -0.4 is 5.32 Å². The highest BCUT2D eigenvalue weighted by Gasteiger charge is 2.08. The maximum atomic E-state index is 3.53. The zero-order valence-corrected chi connectivity index (χ0v) is 11.2. The van der Waals surface area contributed by atoms with E-state index in [0.29, 0.717) is 6.04 Å². The highest BCUT2D eigenvalue weighted by Crippen LogP contribution is 2.21. The Morgan fingerprint density at radius 1 is 1.50 bits per heavy atom. The topological polar surface area (TPSA) is 12.0 Å². The fourth-order valence-corrected chi connectivity index (χ4v) is 3.15. The standard InChI is InChI=1S/C11H18BrNS/c1-3-5-10(13-4-2)7-11-6-9(12)8-14-11/h6,8,10,13H,3-5,7H2,1-2H3. The molecule has 0 spiro atoms. The van der Waals surface area contributed by atoms with Gasteiger partial charge in [-0.25, -0.2) is 0 Å². The van der Waals surface area contributed by atoms with Gasteiger partial charge in [0.2, 0.25) is 0 Å². The van der Waals surface area contributed by atoms with Crippen molar-refractivity contribution in [3.63, 3.8) is 0 Å². The lowest BCUT2D eigenvalue weighted by atomic mass is 10.1. The van der Waals surface area contributed by atoms with Gasteiger partial charge in [0.25, 0.3) is 0 Å². The normalized spacial score (nSPS) is 13.1. The molecule has 0 fully saturated rings. The first-order valence-electron chi connectivity index (χ1n) is 5.22. The Kier molecular flexibility index (Phi) is 5.75. The van der Waals surface area contributed by atoms with Gasteiger partial charge in [-0.05, 0) is 41.4 Å². The van der Waals surface area contributed by atoms with Crippen molar-refractivity contribution in [2.24, 2.45) is 0 Å². The quantitative estimate of drug-likeness (QED) is 0.832. The van der Waals surface area contributed by atoms with Crippen LogP contribution in [0.5, 0.6) is 0 Å². The first kappa shape index (κ1) is 12.2. The molecule has 1 heterocycles. The average Bonchev–Trinajstić information content (AvgIpc) is 2.52. The largest absolute Gasteiger partial charge is 0.314 e. The second kappa shape index (κ2) is 6.59. The third-order valence-corrected chi connectivity index (χ3v) is 3.92. The zero-order valence-electron chi connectivity index (χ0n) is 8.85. The smallest absolute Gasteiger partial charge is 0.0285 e. The number of hydrogen-bond donors (Lipinski definition) is 1. The van der Waals surface area contributed by atoms with Crippen LogP contribution in [0.3, 0.4) is 0 Å². The lowest BCUT2D eigenvalue weighted by Gasteiger charge is -2.15. The molecule has 0 saturated heterocycles. The molecule has 14 heavy (non-hydrogen) atoms. The molecule has 0 radical (unpaired) electrons. The summed E-state index contributed by atoms with van der Waals surface area (Å²) in [5.41, 5.74) is 0. The van der Waals surface area contributed by atoms with Crippen LogP contribution in [0.4, 0.5) is 0 Å². The van der Waals surface area contributed by atoms with E-state index in [1.807, 2.05) is 11.3 Å². The summed E-state index contributed by atoms with van der Waals surface area (Å²) in [6, 6.07) is 2.88. The summed E-state index contributed by atoms with van der Waals surface area (Å²) in [5, 5.41) is 5.69. The molecule has 0 aliphatic heterocycles. The summed E-state index contributed by atoms with van der Waals surface area (Å²) in [6.07, 6.45) is 3.69. The van der Waals surface area contributed by atoms with Crippen LogP contribution in [0.1, 0.15) is 31.6 Å². The maximum absolute atomic E-state index is 3.53. The van der Waals surface area contributed by atoms with Crippen molar-refractivity contribution in [1.82, 2.24) is 5.32 Å². The number of rotatable bonds is 6. The zero-order chi connectivity index (χ0) is 10.4. The third-order valence-electron chi connectivity index (χ3n) is 2.20. The van der Waals surface area contributed by atoms with Crippen molar-refractivity contribution in [2.45, 2.75) is 39.2 Å². The number of thiophene rings is 1. The highest BCUT2D eigenvalue weighted by atomic mass is 79.9. The van der Waals surface area contributed by atoms with Gasteiger partial charge in [-0.15, -0.1) is 11.3 Å². The minimum Gasteiger partial charge on any atom is -0.314 e. The van der Waals surface area contributed by atoms with Crippen molar-refractivity contribution in [1.29, 1.82) is 0 Å². The van der Waals surface area contributed by atoms with Gasteiger partial charge in [0.05, 0.1) is 0 Å². The molecule has 1 nitrogen and oxygen atoms in total. The van der Waals surface area contributed by atoms with Gasteiger partial charge in [0.1, 0.15) is 0 Å². The number of hydrogen-bond acceptors (Lipinski definition) is 2. The Morgan fingerprint density at radius 2 is 2.29 bits per heavy atom. The Morgan fingerprint density at radius 3 is 2.79 bits per heavy atom. The SMILES string of the molecule is CCCC(Cc1cc(Br)cs1)NCC. The molecule has 0 bridgehead atoms. The molecule has 0 aliphatic carbocycles. The molecule has 80 valence electrons. The first-order valence-corrected chi connectivity index (χ1v) is 6.89. The van der Waals surface area contributed by atoms with Gasteiger partial charge in [-0.3, -0.25) is 0 Å². The van der Waals surface area contributed by atoms with E-state index in [4.69, 9.17) is 0 Å². The van der Waals surface area contributed by atoms with Gasteiger partial charge in [0.15, 0.2) is 0 Å². The molecule has 1 rings (SSSR count). The van der Waals surface area contributed by atoms with E-state index < -0.39 is 0 Å². The predicted molar refractivity (Wildman–Crippen MR) is 68.1 cm³/mol. The fraction of sp³-hybridized carbons (Fsp3) is 0.636. The molecule has 0 amide bonds. The second-order valence-electron chi connectivity index (χ2n) is 3.48. The Balaban J connectivity index is 2.46. The van der Waals surface area contributed by atoms with Crippen molar-refractivity contribution in [3.8, 4) is 0 Å². The van der Waals surface area contributed by atoms with Gasteiger partial charge in [-0.2, -0.15) is 0 Å². The Bertz CT molecular complexity index is 254. The fourth-order valence-electron chi connectivity index (χ4n) is 1.62. The summed E-state index contributed by atoms with van der Waals surface area (Å²) < 4.78 is 1.21. The van der Waals surface area contributed by atoms with Crippen LogP contribution in [-0.2, 0) is 6.42 Å². The summed E-state index contributed by atoms with van der Waals surface area (Å²) in [4.78, 5) is 1.47. The van der Waals surface area contributed by atoms with Crippen molar-refractivity contribution in [2.75, 3.05) is 6.54 Å². The van der Waals surface area contributed by atoms with Crippen molar-refractivity contribution in [3.05, 3.63) is 20.8 Å². The first-order chi connectivity index (χ1) is 6.76. The average molecular weight is 276 g/mol. The van der Waals surface area contributed by atoms with Crippen LogP contribution in [0.25, 0.3) is 0 Å². The third kappa shape index (κ3) is 4.11. The molecule has 1 aromatic rings. The molecule has 1 unspecified atom stereocenters. The molecule has 1 N–H and O–H groups in total. The van der Waals surface area contributed by atoms with E-state index in [1.54, 1.807) is 0 Å². The van der Waals surface area contributed by atoms with Crippen molar-refractivity contribution >= 4 is 27.3 Å². The van der Waals surface area contributed by atoms with Gasteiger partial charge >= 0.3 is 0 Å². The summed E-state index contributed by atoms with van der Waals surface area (Å²) in [7, 11) is 0. The van der Waals surface area contributed by atoms with Crippen LogP contribution in [0.2, 0.25) is 0 Å². The molecule has 3 heteroatoms. The number of nitrogens with one attached hydrogen (secondary N) is 1. The summed E-state index contributed by atoms with van der Waals surface area (Å²) in [5.74, 6) is 0. The maximum Gasteiger partial charge on any atom is 0.0285 e. The summed E-state index contributed by atoms with van der Waals surface area (Å²) in [6.45, 7) is 5.49. The molecule has 0 aromatic carbocycles. The monoisotopic (exact) mass is 275 g/mol. The van der Waals surface area contributed by atoms with E-state index in [2.05, 4.69) is 46.5 Å². The van der Waals surface area contributed by atoms with E-state index in [9.17, 15) is 0 Å². The highest BCUT2D eigenvalue weighted by molar-refractivity contribution is 9.10. The molecule has 1 atom stereocenters. The number of likely N-dealkylation sites (N-methyl/N-ethyl adjacent to an activating group) is 1. The molecular weight excluding hydrogens is 258 g/mol. The lowest BCUT2D eigenvalue weighted by Crippen LogP contribution is -2.30. The van der Waals surface area contributed by atoms with E-state index in [-0.39, 0.29) is 0 Å². The van der Waals surface area contributed by atoms with E-state index >= 15 is 0 Å². The van der Waals surface area contributed by atoms with Crippen LogP contribution in [0.15, 0.2) is 15.9 Å². The minimum atomic E-state index is 0.649. The number of halogens is 1. The van der Waals surface area contributed by atoms with Crippen molar-refractivity contribution < 1.29 is 0 Å². The Hall–Kier alpha value is 0.140. The van der Waals surface area contributed by atoms with Crippen LogP contribution >= 0.6 is 27.3 Å². The molecule has 0 saturated carbocycles. The second-order valence-corrected chi connectivity index (χ2v) is 5.39. The summed E-state index contributed by atoms with van der Waals surface area (Å²) >= 11 is 5.33. The van der Waals surface area contributed by atoms with Crippen LogP contribution in [0, 0.1) is 0 Å².